The Morgan fingerprint density at radius 2 is 1.78 bits per heavy atom. The van der Waals surface area contributed by atoms with Gasteiger partial charge >= 0.3 is 0 Å². The maximum atomic E-state index is 14.8. The summed E-state index contributed by atoms with van der Waals surface area (Å²) in [5.74, 6) is -2.17. The molecule has 46 heavy (non-hydrogen) atoms. The van der Waals surface area contributed by atoms with E-state index in [9.17, 15) is 19.5 Å². The standard InChI is InChI=1S/C35H49BrN4O6/c1-5-12-38(15-14-37-16-18-45-19-17-37)34(44)31-35-21-27(36)30(46-35)28(29(35)33(43)40(31)26(23-41)20-24(3)4)32(42)39(13-6-2)22-25-10-8-7-9-11-25/h5-11,24,26-31,41H,1-2,12-23H2,3-4H3/t26-,27?,28+,29+,30+,31?,35?/m1/s1. The van der Waals surface area contributed by atoms with Crippen LogP contribution in [0, 0.1) is 17.8 Å². The summed E-state index contributed by atoms with van der Waals surface area (Å²) in [4.78, 5) is 51.2. The van der Waals surface area contributed by atoms with E-state index in [-0.39, 0.29) is 35.1 Å². The molecule has 0 saturated carbocycles. The molecule has 0 aromatic heterocycles. The third kappa shape index (κ3) is 6.71. The highest BCUT2D eigenvalue weighted by Gasteiger charge is 2.77. The molecule has 4 heterocycles. The fourth-order valence-corrected chi connectivity index (χ4v) is 8.90. The predicted molar refractivity (Wildman–Crippen MR) is 179 cm³/mol. The van der Waals surface area contributed by atoms with Crippen molar-refractivity contribution in [2.24, 2.45) is 17.8 Å². The van der Waals surface area contributed by atoms with E-state index in [1.165, 1.54) is 0 Å². The Balaban J connectivity index is 1.51. The second-order valence-electron chi connectivity index (χ2n) is 13.4. The first-order chi connectivity index (χ1) is 22.2. The summed E-state index contributed by atoms with van der Waals surface area (Å²) < 4.78 is 12.3. The molecule has 4 fully saturated rings. The number of carbonyl (C=O) groups is 3. The number of halogens is 1. The number of aliphatic hydroxyl groups excluding tert-OH is 1. The molecule has 2 bridgehead atoms. The van der Waals surface area contributed by atoms with Gasteiger partial charge in [0.15, 0.2) is 0 Å². The van der Waals surface area contributed by atoms with Crippen molar-refractivity contribution >= 4 is 33.7 Å². The number of benzene rings is 1. The first-order valence-corrected chi connectivity index (χ1v) is 17.5. The van der Waals surface area contributed by atoms with Crippen molar-refractivity contribution in [1.82, 2.24) is 19.6 Å². The van der Waals surface area contributed by atoms with Crippen molar-refractivity contribution in [2.75, 3.05) is 59.1 Å². The minimum absolute atomic E-state index is 0.164. The number of hydrogen-bond donors (Lipinski definition) is 1. The number of likely N-dealkylation sites (tertiary alicyclic amines) is 1. The van der Waals surface area contributed by atoms with Crippen molar-refractivity contribution < 1.29 is 29.0 Å². The van der Waals surface area contributed by atoms with Crippen LogP contribution in [-0.4, -0.2) is 130 Å². The van der Waals surface area contributed by atoms with E-state index in [1.54, 1.807) is 26.9 Å². The quantitative estimate of drug-likeness (QED) is 0.222. The van der Waals surface area contributed by atoms with Crippen molar-refractivity contribution in [2.45, 2.75) is 61.8 Å². The summed E-state index contributed by atoms with van der Waals surface area (Å²) in [6.07, 6.45) is 3.75. The second kappa shape index (κ2) is 15.1. The Morgan fingerprint density at radius 1 is 1.11 bits per heavy atom. The van der Waals surface area contributed by atoms with Gasteiger partial charge in [-0.05, 0) is 24.3 Å². The van der Waals surface area contributed by atoms with Crippen LogP contribution < -0.4 is 0 Å². The van der Waals surface area contributed by atoms with Crippen LogP contribution in [0.4, 0.5) is 0 Å². The molecule has 11 heteroatoms. The van der Waals surface area contributed by atoms with E-state index in [0.29, 0.717) is 58.8 Å². The summed E-state index contributed by atoms with van der Waals surface area (Å²) in [6.45, 7) is 16.6. The number of nitrogens with zero attached hydrogens (tertiary/aromatic N) is 4. The molecule has 4 aliphatic heterocycles. The zero-order valence-electron chi connectivity index (χ0n) is 27.1. The van der Waals surface area contributed by atoms with E-state index in [2.05, 4.69) is 34.0 Å². The van der Waals surface area contributed by atoms with Crippen LogP contribution in [0.5, 0.6) is 0 Å². The van der Waals surface area contributed by atoms with Gasteiger partial charge in [-0.3, -0.25) is 19.3 Å². The second-order valence-corrected chi connectivity index (χ2v) is 14.6. The Kier molecular flexibility index (Phi) is 11.4. The minimum atomic E-state index is -1.21. The molecule has 0 aliphatic carbocycles. The average Bonchev–Trinajstić information content (AvgIpc) is 3.65. The SMILES string of the molecule is C=CCN(CCN1CCOCC1)C(=O)C1N([C@@H](CO)CC(C)C)C(=O)[C@@H]2[C@H](C(=O)N(CC=C)Cc3ccccc3)[C@H]3OC12CC3Br. The van der Waals surface area contributed by atoms with Crippen molar-refractivity contribution in [3.05, 3.63) is 61.2 Å². The van der Waals surface area contributed by atoms with E-state index in [0.717, 1.165) is 18.7 Å². The normalized spacial score (nSPS) is 29.5. The van der Waals surface area contributed by atoms with Crippen LogP contribution in [-0.2, 0) is 30.4 Å². The largest absolute Gasteiger partial charge is 0.394 e. The lowest BCUT2D eigenvalue weighted by Gasteiger charge is -2.40. The molecule has 5 rings (SSSR count). The highest BCUT2D eigenvalue weighted by Crippen LogP contribution is 2.61. The van der Waals surface area contributed by atoms with Crippen LogP contribution in [0.15, 0.2) is 55.6 Å². The Labute approximate surface area is 281 Å². The first kappa shape index (κ1) is 34.8. The number of aliphatic hydroxyl groups is 1. The topological polar surface area (TPSA) is 103 Å². The number of carbonyl (C=O) groups excluding carboxylic acids is 3. The van der Waals surface area contributed by atoms with Crippen LogP contribution in [0.1, 0.15) is 32.3 Å². The average molecular weight is 702 g/mol. The maximum absolute atomic E-state index is 14.8. The molecule has 1 aromatic carbocycles. The maximum Gasteiger partial charge on any atom is 0.248 e. The molecule has 1 spiro atoms. The predicted octanol–water partition coefficient (Wildman–Crippen LogP) is 2.70. The molecule has 0 radical (unpaired) electrons. The number of amides is 3. The van der Waals surface area contributed by atoms with Crippen LogP contribution in [0.3, 0.4) is 0 Å². The van der Waals surface area contributed by atoms with Crippen LogP contribution in [0.2, 0.25) is 0 Å². The molecule has 7 atom stereocenters. The number of hydrogen-bond acceptors (Lipinski definition) is 7. The van der Waals surface area contributed by atoms with Gasteiger partial charge in [0.05, 0.1) is 43.8 Å². The van der Waals surface area contributed by atoms with Gasteiger partial charge in [-0.25, -0.2) is 0 Å². The summed E-state index contributed by atoms with van der Waals surface area (Å²) in [5.41, 5.74) is -0.236. The third-order valence-corrected chi connectivity index (χ3v) is 10.8. The van der Waals surface area contributed by atoms with Gasteiger partial charge in [0.2, 0.25) is 17.7 Å². The van der Waals surface area contributed by atoms with E-state index in [4.69, 9.17) is 9.47 Å². The van der Waals surface area contributed by atoms with Gasteiger partial charge in [0.1, 0.15) is 11.6 Å². The Hall–Kier alpha value is -2.57. The van der Waals surface area contributed by atoms with Gasteiger partial charge in [-0.15, -0.1) is 13.2 Å². The fourth-order valence-electron chi connectivity index (χ4n) is 7.95. The lowest BCUT2D eigenvalue weighted by molar-refractivity contribution is -0.152. The lowest BCUT2D eigenvalue weighted by Crippen LogP contribution is -2.60. The fraction of sp³-hybridized carbons (Fsp3) is 0.629. The molecular weight excluding hydrogens is 652 g/mol. The molecule has 1 N–H and O–H groups in total. The van der Waals surface area contributed by atoms with Gasteiger partial charge in [0.25, 0.3) is 0 Å². The summed E-state index contributed by atoms with van der Waals surface area (Å²) in [5, 5.41) is 10.7. The van der Waals surface area contributed by atoms with Gasteiger partial charge < -0.3 is 29.3 Å². The molecular formula is C35H49BrN4O6. The van der Waals surface area contributed by atoms with Crippen LogP contribution >= 0.6 is 15.9 Å². The Morgan fingerprint density at radius 3 is 2.41 bits per heavy atom. The van der Waals surface area contributed by atoms with Gasteiger partial charge in [0, 0.05) is 50.6 Å². The van der Waals surface area contributed by atoms with Crippen molar-refractivity contribution in [3.63, 3.8) is 0 Å². The molecule has 3 unspecified atom stereocenters. The number of morpholine rings is 1. The van der Waals surface area contributed by atoms with E-state index in [1.807, 2.05) is 44.2 Å². The molecule has 1 aromatic rings. The summed E-state index contributed by atoms with van der Waals surface area (Å²) in [6, 6.07) is 8.17. The van der Waals surface area contributed by atoms with Crippen molar-refractivity contribution in [3.8, 4) is 0 Å². The third-order valence-electron chi connectivity index (χ3n) is 9.92. The number of rotatable bonds is 15. The van der Waals surface area contributed by atoms with E-state index < -0.39 is 35.6 Å². The molecule has 3 amide bonds. The lowest BCUT2D eigenvalue weighted by atomic mass is 9.70. The molecule has 10 nitrogen and oxygen atoms in total. The summed E-state index contributed by atoms with van der Waals surface area (Å²) >= 11 is 3.80. The smallest absolute Gasteiger partial charge is 0.248 e. The molecule has 252 valence electrons. The van der Waals surface area contributed by atoms with E-state index >= 15 is 0 Å². The molecule has 4 aliphatic rings. The number of alkyl halides is 1. The minimum Gasteiger partial charge on any atom is -0.394 e. The zero-order valence-corrected chi connectivity index (χ0v) is 28.7. The number of ether oxygens (including phenoxy) is 2. The highest BCUT2D eigenvalue weighted by molar-refractivity contribution is 9.09. The number of fused-ring (bicyclic) bond motifs is 1. The monoisotopic (exact) mass is 700 g/mol. The Bertz CT molecular complexity index is 1260. The zero-order chi connectivity index (χ0) is 33.0. The highest BCUT2D eigenvalue weighted by atomic mass is 79.9. The van der Waals surface area contributed by atoms with Gasteiger partial charge in [-0.2, -0.15) is 0 Å². The van der Waals surface area contributed by atoms with Crippen LogP contribution in [0.25, 0.3) is 0 Å². The summed E-state index contributed by atoms with van der Waals surface area (Å²) in [7, 11) is 0. The molecule has 4 saturated heterocycles. The van der Waals surface area contributed by atoms with Gasteiger partial charge in [-0.1, -0.05) is 72.3 Å². The van der Waals surface area contributed by atoms with Crippen molar-refractivity contribution in [1.29, 1.82) is 0 Å². The first-order valence-electron chi connectivity index (χ1n) is 16.5.